The number of anilines is 1. The first kappa shape index (κ1) is 19.2. The second-order valence-electron chi connectivity index (χ2n) is 5.92. The summed E-state index contributed by atoms with van der Waals surface area (Å²) in [6.07, 6.45) is 4.72. The van der Waals surface area contributed by atoms with Crippen molar-refractivity contribution in [3.8, 4) is 0 Å². The van der Waals surface area contributed by atoms with Gasteiger partial charge in [0.15, 0.2) is 0 Å². The van der Waals surface area contributed by atoms with Crippen molar-refractivity contribution < 1.29 is 13.6 Å². The molecule has 1 aliphatic carbocycles. The van der Waals surface area contributed by atoms with Crippen LogP contribution in [0, 0.1) is 18.2 Å². The molecule has 1 amide bonds. The van der Waals surface area contributed by atoms with Crippen LogP contribution in [0.15, 0.2) is 64.6 Å². The summed E-state index contributed by atoms with van der Waals surface area (Å²) in [7, 11) is 0. The van der Waals surface area contributed by atoms with Crippen LogP contribution in [0.5, 0.6) is 0 Å². The molecular weight excluding hydrogens is 338 g/mol. The minimum absolute atomic E-state index is 0.0454. The van der Waals surface area contributed by atoms with Gasteiger partial charge in [0.2, 0.25) is 0 Å². The Bertz CT molecular complexity index is 836. The van der Waals surface area contributed by atoms with Crippen molar-refractivity contribution in [2.75, 3.05) is 5.32 Å². The summed E-state index contributed by atoms with van der Waals surface area (Å²) in [6, 6.07) is 4.29. The average molecular weight is 358 g/mol. The van der Waals surface area contributed by atoms with E-state index in [-0.39, 0.29) is 17.3 Å². The average Bonchev–Trinajstić information content (AvgIpc) is 3.39. The van der Waals surface area contributed by atoms with E-state index in [0.717, 1.165) is 6.08 Å². The molecule has 0 radical (unpaired) electrons. The van der Waals surface area contributed by atoms with Crippen molar-refractivity contribution in [1.29, 1.82) is 0 Å². The summed E-state index contributed by atoms with van der Waals surface area (Å²) >= 11 is 0. The molecular formula is C19H20F2N4O. The number of benzene rings is 1. The number of carbonyl (C=O) groups is 1. The Morgan fingerprint density at radius 2 is 2.12 bits per heavy atom. The molecule has 2 rings (SSSR count). The largest absolute Gasteiger partial charge is 0.384 e. The summed E-state index contributed by atoms with van der Waals surface area (Å²) < 4.78 is 26.9. The van der Waals surface area contributed by atoms with Gasteiger partial charge in [0.25, 0.3) is 5.91 Å². The zero-order valence-corrected chi connectivity index (χ0v) is 14.4. The zero-order valence-electron chi connectivity index (χ0n) is 14.4. The molecule has 1 aromatic rings. The van der Waals surface area contributed by atoms with E-state index < -0.39 is 17.1 Å². The number of rotatable bonds is 7. The summed E-state index contributed by atoms with van der Waals surface area (Å²) in [5.41, 5.74) is 5.98. The van der Waals surface area contributed by atoms with Crippen molar-refractivity contribution in [3.63, 3.8) is 0 Å². The van der Waals surface area contributed by atoms with E-state index in [0.29, 0.717) is 24.1 Å². The van der Waals surface area contributed by atoms with E-state index in [4.69, 9.17) is 5.73 Å². The second kappa shape index (κ2) is 7.86. The first-order valence-electron chi connectivity index (χ1n) is 7.91. The molecule has 1 saturated carbocycles. The SMILES string of the molecule is C=C/C(F)=C(\N=C)C1(C(=O)N=C(N)/C=C\Nc2ccc(F)cc2C)CC1. The molecule has 136 valence electrons. The number of amides is 1. The maximum absolute atomic E-state index is 13.8. The first-order chi connectivity index (χ1) is 12.3. The van der Waals surface area contributed by atoms with Gasteiger partial charge in [-0.1, -0.05) is 6.58 Å². The Hall–Kier alpha value is -3.09. The highest BCUT2D eigenvalue weighted by atomic mass is 19.1. The van der Waals surface area contributed by atoms with Crippen LogP contribution in [0.3, 0.4) is 0 Å². The number of amidine groups is 1. The molecule has 26 heavy (non-hydrogen) atoms. The molecule has 0 unspecified atom stereocenters. The molecule has 3 N–H and O–H groups in total. The number of allylic oxidation sites excluding steroid dienone is 2. The number of carbonyl (C=O) groups excluding carboxylic acids is 1. The predicted molar refractivity (Wildman–Crippen MR) is 100 cm³/mol. The number of aliphatic imine (C=N–C) groups is 2. The summed E-state index contributed by atoms with van der Waals surface area (Å²) in [5, 5.41) is 2.93. The lowest BCUT2D eigenvalue weighted by atomic mass is 10.0. The van der Waals surface area contributed by atoms with Crippen LogP contribution in [0.2, 0.25) is 0 Å². The second-order valence-corrected chi connectivity index (χ2v) is 5.92. The Morgan fingerprint density at radius 1 is 1.42 bits per heavy atom. The number of aryl methyl sites for hydroxylation is 1. The standard InChI is InChI=1S/C19H20F2N4O/c1-4-14(21)17(23-3)19(8-9-19)18(26)25-16(22)7-10-24-15-6-5-13(20)11-12(15)2/h4-7,10-11,24H,1,3,8-9H2,2H3,(H2,22,25,26)/b10-7-,17-14+. The molecule has 0 spiro atoms. The smallest absolute Gasteiger partial charge is 0.259 e. The molecule has 0 aliphatic heterocycles. The van der Waals surface area contributed by atoms with Crippen LogP contribution < -0.4 is 11.1 Å². The quantitative estimate of drug-likeness (QED) is 0.442. The van der Waals surface area contributed by atoms with Gasteiger partial charge < -0.3 is 11.1 Å². The van der Waals surface area contributed by atoms with Crippen molar-refractivity contribution in [1.82, 2.24) is 0 Å². The lowest BCUT2D eigenvalue weighted by Gasteiger charge is -2.11. The van der Waals surface area contributed by atoms with Crippen molar-refractivity contribution in [2.24, 2.45) is 21.1 Å². The lowest BCUT2D eigenvalue weighted by molar-refractivity contribution is -0.121. The van der Waals surface area contributed by atoms with Crippen molar-refractivity contribution in [3.05, 3.63) is 66.0 Å². The van der Waals surface area contributed by atoms with E-state index in [1.165, 1.54) is 24.4 Å². The van der Waals surface area contributed by atoms with Crippen LogP contribution in [-0.4, -0.2) is 18.5 Å². The number of hydrogen-bond acceptors (Lipinski definition) is 3. The number of hydrogen-bond donors (Lipinski definition) is 2. The number of nitrogens with one attached hydrogen (secondary N) is 1. The molecule has 0 bridgehead atoms. The van der Waals surface area contributed by atoms with Gasteiger partial charge in [0.1, 0.15) is 17.5 Å². The van der Waals surface area contributed by atoms with E-state index in [9.17, 15) is 13.6 Å². The van der Waals surface area contributed by atoms with Gasteiger partial charge in [-0.2, -0.15) is 4.99 Å². The van der Waals surface area contributed by atoms with Gasteiger partial charge in [0, 0.05) is 11.9 Å². The van der Waals surface area contributed by atoms with Gasteiger partial charge >= 0.3 is 0 Å². The highest BCUT2D eigenvalue weighted by Gasteiger charge is 2.54. The van der Waals surface area contributed by atoms with Gasteiger partial charge in [0.05, 0.1) is 11.1 Å². The third-order valence-electron chi connectivity index (χ3n) is 4.09. The molecule has 0 atom stereocenters. The Labute approximate surface area is 150 Å². The molecule has 1 aliphatic rings. The predicted octanol–water partition coefficient (Wildman–Crippen LogP) is 3.79. The summed E-state index contributed by atoms with van der Waals surface area (Å²) in [6.45, 7) is 8.41. The van der Waals surface area contributed by atoms with E-state index >= 15 is 0 Å². The normalized spacial score (nSPS) is 16.8. The Kier molecular flexibility index (Phi) is 5.82. The third-order valence-corrected chi connectivity index (χ3v) is 4.09. The van der Waals surface area contributed by atoms with Gasteiger partial charge in [-0.25, -0.2) is 8.78 Å². The minimum Gasteiger partial charge on any atom is -0.384 e. The topological polar surface area (TPSA) is 79.8 Å². The van der Waals surface area contributed by atoms with E-state index in [1.54, 1.807) is 13.0 Å². The highest BCUT2D eigenvalue weighted by Crippen LogP contribution is 2.54. The number of nitrogens with two attached hydrogens (primary N) is 1. The van der Waals surface area contributed by atoms with E-state index in [1.807, 2.05) is 0 Å². The molecule has 5 nitrogen and oxygen atoms in total. The van der Waals surface area contributed by atoms with Gasteiger partial charge in [-0.05, 0) is 62.4 Å². The minimum atomic E-state index is -1.11. The molecule has 1 aromatic carbocycles. The van der Waals surface area contributed by atoms with Crippen molar-refractivity contribution in [2.45, 2.75) is 19.8 Å². The molecule has 0 saturated heterocycles. The fraction of sp³-hybridized carbons (Fsp3) is 0.211. The van der Waals surface area contributed by atoms with Gasteiger partial charge in [-0.15, -0.1) is 0 Å². The fourth-order valence-corrected chi connectivity index (χ4v) is 2.50. The molecule has 1 fully saturated rings. The monoisotopic (exact) mass is 358 g/mol. The molecule has 0 aromatic heterocycles. The maximum Gasteiger partial charge on any atom is 0.259 e. The molecule has 0 heterocycles. The number of nitrogens with zero attached hydrogens (tertiary/aromatic N) is 2. The van der Waals surface area contributed by atoms with Crippen LogP contribution in [-0.2, 0) is 4.79 Å². The highest BCUT2D eigenvalue weighted by molar-refractivity contribution is 6.03. The molecule has 7 heteroatoms. The van der Waals surface area contributed by atoms with Crippen LogP contribution >= 0.6 is 0 Å². The van der Waals surface area contributed by atoms with Crippen molar-refractivity contribution >= 4 is 24.1 Å². The fourth-order valence-electron chi connectivity index (χ4n) is 2.50. The number of halogens is 2. The zero-order chi connectivity index (χ0) is 19.3. The summed E-state index contributed by atoms with van der Waals surface area (Å²) in [5.74, 6) is -1.64. The van der Waals surface area contributed by atoms with Crippen LogP contribution in [0.4, 0.5) is 14.5 Å². The first-order valence-corrected chi connectivity index (χ1v) is 7.91. The van der Waals surface area contributed by atoms with E-state index in [2.05, 4.69) is 28.6 Å². The van der Waals surface area contributed by atoms with Gasteiger partial charge in [-0.3, -0.25) is 9.79 Å². The van der Waals surface area contributed by atoms with Crippen LogP contribution in [0.1, 0.15) is 18.4 Å². The Morgan fingerprint density at radius 3 is 2.65 bits per heavy atom. The van der Waals surface area contributed by atoms with Crippen LogP contribution in [0.25, 0.3) is 0 Å². The maximum atomic E-state index is 13.8. The third kappa shape index (κ3) is 4.11. The summed E-state index contributed by atoms with van der Waals surface area (Å²) in [4.78, 5) is 19.8. The Balaban J connectivity index is 2.10. The lowest BCUT2D eigenvalue weighted by Crippen LogP contribution is -2.20.